The second-order valence-corrected chi connectivity index (χ2v) is 6.35. The molecule has 0 spiro atoms. The Labute approximate surface area is 137 Å². The van der Waals surface area contributed by atoms with Crippen LogP contribution in [0.4, 0.5) is 0 Å². The van der Waals surface area contributed by atoms with Gasteiger partial charge in [-0.25, -0.2) is 0 Å². The van der Waals surface area contributed by atoms with Crippen molar-refractivity contribution in [2.45, 2.75) is 44.8 Å². The molecule has 1 saturated carbocycles. The number of hydrogen-bond donors (Lipinski definition) is 1. The third-order valence-corrected chi connectivity index (χ3v) is 4.22. The standard InChI is InChI=1S/C15H17N3O4S/c1-9(15(20)16-10-4-5-10)21-13(19)7-6-12-17-14(18-22-12)11-3-2-8-23-11/h2-3,8-10H,4-7H2,1H3,(H,16,20). The van der Waals surface area contributed by atoms with Gasteiger partial charge in [0.25, 0.3) is 5.91 Å². The van der Waals surface area contributed by atoms with Gasteiger partial charge in [0.1, 0.15) is 0 Å². The summed E-state index contributed by atoms with van der Waals surface area (Å²) < 4.78 is 10.2. The molecule has 0 aliphatic heterocycles. The number of aromatic nitrogens is 2. The van der Waals surface area contributed by atoms with E-state index in [1.54, 1.807) is 6.92 Å². The van der Waals surface area contributed by atoms with Crippen LogP contribution in [0.15, 0.2) is 22.0 Å². The van der Waals surface area contributed by atoms with Crippen molar-refractivity contribution in [3.63, 3.8) is 0 Å². The number of aryl methyl sites for hydroxylation is 1. The normalized spacial score (nSPS) is 15.2. The summed E-state index contributed by atoms with van der Waals surface area (Å²) in [5.41, 5.74) is 0. The van der Waals surface area contributed by atoms with Crippen LogP contribution < -0.4 is 5.32 Å². The van der Waals surface area contributed by atoms with Gasteiger partial charge >= 0.3 is 5.97 Å². The van der Waals surface area contributed by atoms with Gasteiger partial charge in [0.15, 0.2) is 6.10 Å². The van der Waals surface area contributed by atoms with Crippen LogP contribution in [-0.4, -0.2) is 34.2 Å². The first-order valence-electron chi connectivity index (χ1n) is 7.48. The van der Waals surface area contributed by atoms with E-state index in [4.69, 9.17) is 9.26 Å². The minimum Gasteiger partial charge on any atom is -0.453 e. The second kappa shape index (κ2) is 6.91. The van der Waals surface area contributed by atoms with Crippen molar-refractivity contribution < 1.29 is 18.8 Å². The minimum absolute atomic E-state index is 0.0904. The molecule has 8 heteroatoms. The van der Waals surface area contributed by atoms with Gasteiger partial charge < -0.3 is 14.6 Å². The third-order valence-electron chi connectivity index (χ3n) is 3.35. The molecule has 1 N–H and O–H groups in total. The number of carbonyl (C=O) groups excluding carboxylic acids is 2. The number of amides is 1. The Morgan fingerprint density at radius 1 is 1.52 bits per heavy atom. The summed E-state index contributed by atoms with van der Waals surface area (Å²) in [7, 11) is 0. The quantitative estimate of drug-likeness (QED) is 0.777. The number of hydrogen-bond acceptors (Lipinski definition) is 7. The summed E-state index contributed by atoms with van der Waals surface area (Å²) in [6.45, 7) is 1.57. The molecular formula is C15H17N3O4S. The van der Waals surface area contributed by atoms with E-state index in [1.165, 1.54) is 11.3 Å². The second-order valence-electron chi connectivity index (χ2n) is 5.40. The molecule has 122 valence electrons. The topological polar surface area (TPSA) is 94.3 Å². The molecule has 1 aliphatic carbocycles. The molecule has 2 heterocycles. The van der Waals surface area contributed by atoms with Crippen LogP contribution in [0.5, 0.6) is 0 Å². The zero-order valence-corrected chi connectivity index (χ0v) is 13.5. The number of nitrogens with zero attached hydrogens (tertiary/aromatic N) is 2. The van der Waals surface area contributed by atoms with E-state index in [2.05, 4.69) is 15.5 Å². The van der Waals surface area contributed by atoms with E-state index >= 15 is 0 Å². The third kappa shape index (κ3) is 4.38. The first kappa shape index (κ1) is 15.7. The van der Waals surface area contributed by atoms with Crippen LogP contribution in [-0.2, 0) is 20.7 Å². The lowest BCUT2D eigenvalue weighted by molar-refractivity contribution is -0.154. The van der Waals surface area contributed by atoms with Gasteiger partial charge in [-0.05, 0) is 31.2 Å². The molecule has 1 amide bonds. The molecule has 1 fully saturated rings. The molecule has 2 aromatic rings. The zero-order valence-electron chi connectivity index (χ0n) is 12.7. The molecule has 1 unspecified atom stereocenters. The van der Waals surface area contributed by atoms with Gasteiger partial charge in [0, 0.05) is 12.5 Å². The number of carbonyl (C=O) groups is 2. The Bertz CT molecular complexity index is 679. The minimum atomic E-state index is -0.785. The molecule has 1 atom stereocenters. The van der Waals surface area contributed by atoms with Crippen LogP contribution >= 0.6 is 11.3 Å². The van der Waals surface area contributed by atoms with Crippen molar-refractivity contribution in [3.05, 3.63) is 23.4 Å². The lowest BCUT2D eigenvalue weighted by Gasteiger charge is -2.12. The van der Waals surface area contributed by atoms with Gasteiger partial charge in [-0.3, -0.25) is 9.59 Å². The highest BCUT2D eigenvalue weighted by atomic mass is 32.1. The van der Waals surface area contributed by atoms with Crippen LogP contribution in [0.3, 0.4) is 0 Å². The predicted octanol–water partition coefficient (Wildman–Crippen LogP) is 1.94. The van der Waals surface area contributed by atoms with Crippen molar-refractivity contribution in [1.29, 1.82) is 0 Å². The van der Waals surface area contributed by atoms with E-state index in [-0.39, 0.29) is 24.8 Å². The SMILES string of the molecule is CC(OC(=O)CCc1nc(-c2cccs2)no1)C(=O)NC1CC1. The summed E-state index contributed by atoms with van der Waals surface area (Å²) in [5.74, 6) is 0.180. The summed E-state index contributed by atoms with van der Waals surface area (Å²) in [4.78, 5) is 28.6. The van der Waals surface area contributed by atoms with Gasteiger partial charge in [0.2, 0.25) is 11.7 Å². The molecule has 0 radical (unpaired) electrons. The Morgan fingerprint density at radius 2 is 2.35 bits per heavy atom. The Balaban J connectivity index is 1.44. The molecule has 23 heavy (non-hydrogen) atoms. The fraction of sp³-hybridized carbons (Fsp3) is 0.467. The Hall–Kier alpha value is -2.22. The van der Waals surface area contributed by atoms with Gasteiger partial charge in [0.05, 0.1) is 11.3 Å². The highest BCUT2D eigenvalue weighted by molar-refractivity contribution is 7.13. The van der Waals surface area contributed by atoms with Crippen LogP contribution in [0, 0.1) is 0 Å². The molecular weight excluding hydrogens is 318 g/mol. The summed E-state index contributed by atoms with van der Waals surface area (Å²) in [6.07, 6.45) is 1.58. The number of thiophene rings is 1. The highest BCUT2D eigenvalue weighted by Gasteiger charge is 2.27. The van der Waals surface area contributed by atoms with Crippen molar-refractivity contribution in [2.24, 2.45) is 0 Å². The van der Waals surface area contributed by atoms with E-state index < -0.39 is 12.1 Å². The maximum atomic E-state index is 11.8. The van der Waals surface area contributed by atoms with Gasteiger partial charge in [-0.1, -0.05) is 11.2 Å². The van der Waals surface area contributed by atoms with Crippen molar-refractivity contribution in [2.75, 3.05) is 0 Å². The number of rotatable bonds is 7. The van der Waals surface area contributed by atoms with E-state index in [1.807, 2.05) is 17.5 Å². The molecule has 0 aromatic carbocycles. The van der Waals surface area contributed by atoms with Gasteiger partial charge in [-0.15, -0.1) is 11.3 Å². The van der Waals surface area contributed by atoms with E-state index in [0.717, 1.165) is 17.7 Å². The average molecular weight is 335 g/mol. The zero-order chi connectivity index (χ0) is 16.2. The number of esters is 1. The summed E-state index contributed by atoms with van der Waals surface area (Å²) in [6, 6.07) is 4.05. The average Bonchev–Trinajstić information content (AvgIpc) is 3.03. The first-order chi connectivity index (χ1) is 11.1. The highest BCUT2D eigenvalue weighted by Crippen LogP contribution is 2.21. The smallest absolute Gasteiger partial charge is 0.307 e. The molecule has 0 saturated heterocycles. The summed E-state index contributed by atoms with van der Waals surface area (Å²) in [5, 5.41) is 8.60. The number of nitrogens with one attached hydrogen (secondary N) is 1. The largest absolute Gasteiger partial charge is 0.453 e. The maximum absolute atomic E-state index is 11.8. The monoisotopic (exact) mass is 335 g/mol. The van der Waals surface area contributed by atoms with Crippen molar-refractivity contribution in [1.82, 2.24) is 15.5 Å². The lowest BCUT2D eigenvalue weighted by atomic mass is 10.3. The fourth-order valence-corrected chi connectivity index (χ4v) is 2.58. The Kier molecular flexibility index (Phi) is 4.71. The van der Waals surface area contributed by atoms with Crippen molar-refractivity contribution in [3.8, 4) is 10.7 Å². The maximum Gasteiger partial charge on any atom is 0.307 e. The Morgan fingerprint density at radius 3 is 3.04 bits per heavy atom. The van der Waals surface area contributed by atoms with E-state index in [0.29, 0.717) is 11.7 Å². The molecule has 2 aromatic heterocycles. The molecule has 3 rings (SSSR count). The molecule has 1 aliphatic rings. The molecule has 7 nitrogen and oxygen atoms in total. The van der Waals surface area contributed by atoms with E-state index in [9.17, 15) is 9.59 Å². The van der Waals surface area contributed by atoms with Crippen LogP contribution in [0.2, 0.25) is 0 Å². The first-order valence-corrected chi connectivity index (χ1v) is 8.36. The van der Waals surface area contributed by atoms with Crippen molar-refractivity contribution >= 4 is 23.2 Å². The number of ether oxygens (including phenoxy) is 1. The summed E-state index contributed by atoms with van der Waals surface area (Å²) >= 11 is 1.51. The lowest BCUT2D eigenvalue weighted by Crippen LogP contribution is -2.37. The molecule has 0 bridgehead atoms. The predicted molar refractivity (Wildman–Crippen MR) is 82.7 cm³/mol. The van der Waals surface area contributed by atoms with Crippen LogP contribution in [0.25, 0.3) is 10.7 Å². The van der Waals surface area contributed by atoms with Crippen LogP contribution in [0.1, 0.15) is 32.1 Å². The van der Waals surface area contributed by atoms with Gasteiger partial charge in [-0.2, -0.15) is 4.98 Å². The fourth-order valence-electron chi connectivity index (χ4n) is 1.93.